The summed E-state index contributed by atoms with van der Waals surface area (Å²) in [4.78, 5) is 24.7. The Morgan fingerprint density at radius 2 is 2.00 bits per heavy atom. The molecule has 1 amide bonds. The molecule has 0 unspecified atom stereocenters. The monoisotopic (exact) mass is 248 g/mol. The average Bonchev–Trinajstić information content (AvgIpc) is 2.65. The molecular formula is C12H12N2O4. The molecule has 94 valence electrons. The number of amides is 1. The number of fused-ring (bicyclic) bond motifs is 1. The minimum absolute atomic E-state index is 0.0241. The number of carboxylic acids is 1. The Hall–Kier alpha value is -2.50. The SMILES string of the molecule is O=C(O)CNC(=O)Cc1[nH]c2ccccc2c1O. The number of hydrogen-bond donors (Lipinski definition) is 4. The minimum Gasteiger partial charge on any atom is -0.505 e. The zero-order valence-corrected chi connectivity index (χ0v) is 9.43. The number of aromatic amines is 1. The quantitative estimate of drug-likeness (QED) is 0.636. The van der Waals surface area contributed by atoms with Crippen LogP contribution in [0.2, 0.25) is 0 Å². The van der Waals surface area contributed by atoms with E-state index in [0.29, 0.717) is 11.1 Å². The lowest BCUT2D eigenvalue weighted by Gasteiger charge is -2.01. The Labute approximate surface area is 102 Å². The van der Waals surface area contributed by atoms with Crippen LogP contribution < -0.4 is 5.32 Å². The van der Waals surface area contributed by atoms with Crippen molar-refractivity contribution in [3.8, 4) is 5.75 Å². The Bertz CT molecular complexity index is 603. The Morgan fingerprint density at radius 1 is 1.28 bits per heavy atom. The lowest BCUT2D eigenvalue weighted by molar-refractivity contribution is -0.137. The van der Waals surface area contributed by atoms with Crippen molar-refractivity contribution in [1.82, 2.24) is 10.3 Å². The summed E-state index contributed by atoms with van der Waals surface area (Å²) in [6.45, 7) is -0.431. The van der Waals surface area contributed by atoms with E-state index >= 15 is 0 Å². The molecular weight excluding hydrogens is 236 g/mol. The van der Waals surface area contributed by atoms with Gasteiger partial charge in [0, 0.05) is 10.9 Å². The molecule has 0 aliphatic heterocycles. The fraction of sp³-hybridized carbons (Fsp3) is 0.167. The van der Waals surface area contributed by atoms with Crippen molar-refractivity contribution in [2.75, 3.05) is 6.54 Å². The zero-order valence-electron chi connectivity index (χ0n) is 9.43. The number of aliphatic carboxylic acids is 1. The van der Waals surface area contributed by atoms with Crippen molar-refractivity contribution in [3.05, 3.63) is 30.0 Å². The summed E-state index contributed by atoms with van der Waals surface area (Å²) in [7, 11) is 0. The molecule has 0 aliphatic carbocycles. The molecule has 1 aromatic carbocycles. The third-order valence-corrected chi connectivity index (χ3v) is 2.53. The summed E-state index contributed by atoms with van der Waals surface area (Å²) in [6.07, 6.45) is -0.0895. The lowest BCUT2D eigenvalue weighted by Crippen LogP contribution is -2.30. The molecule has 0 saturated heterocycles. The van der Waals surface area contributed by atoms with Crippen LogP contribution in [0.15, 0.2) is 24.3 Å². The van der Waals surface area contributed by atoms with E-state index in [1.54, 1.807) is 18.2 Å². The Morgan fingerprint density at radius 3 is 2.67 bits per heavy atom. The second-order valence-corrected chi connectivity index (χ2v) is 3.84. The predicted molar refractivity (Wildman–Crippen MR) is 64.3 cm³/mol. The number of carbonyl (C=O) groups excluding carboxylic acids is 1. The summed E-state index contributed by atoms with van der Waals surface area (Å²) in [6, 6.07) is 7.12. The molecule has 0 fully saturated rings. The minimum atomic E-state index is -1.11. The maximum absolute atomic E-state index is 11.4. The number of aromatic nitrogens is 1. The highest BCUT2D eigenvalue weighted by Crippen LogP contribution is 2.28. The van der Waals surface area contributed by atoms with E-state index in [-0.39, 0.29) is 12.2 Å². The number of H-pyrrole nitrogens is 1. The third kappa shape index (κ3) is 2.42. The third-order valence-electron chi connectivity index (χ3n) is 2.53. The molecule has 6 nitrogen and oxygen atoms in total. The van der Waals surface area contributed by atoms with Gasteiger partial charge in [-0.15, -0.1) is 0 Å². The molecule has 2 aromatic rings. The van der Waals surface area contributed by atoms with Gasteiger partial charge >= 0.3 is 5.97 Å². The van der Waals surface area contributed by atoms with Gasteiger partial charge in [0.05, 0.1) is 12.1 Å². The fourth-order valence-electron chi connectivity index (χ4n) is 1.71. The van der Waals surface area contributed by atoms with Crippen LogP contribution in [0.25, 0.3) is 10.9 Å². The number of benzene rings is 1. The molecule has 0 bridgehead atoms. The highest BCUT2D eigenvalue weighted by Gasteiger charge is 2.13. The highest BCUT2D eigenvalue weighted by atomic mass is 16.4. The standard InChI is InChI=1S/C12H12N2O4/c15-10(13-6-11(16)17)5-9-12(18)7-3-1-2-4-8(7)14-9/h1-4,14,18H,5-6H2,(H,13,15)(H,16,17). The molecule has 1 heterocycles. The first-order chi connectivity index (χ1) is 8.58. The van der Waals surface area contributed by atoms with Crippen molar-refractivity contribution in [3.63, 3.8) is 0 Å². The summed E-state index contributed by atoms with van der Waals surface area (Å²) in [5.41, 5.74) is 1.11. The highest BCUT2D eigenvalue weighted by molar-refractivity contribution is 5.90. The van der Waals surface area contributed by atoms with Gasteiger partial charge < -0.3 is 20.5 Å². The molecule has 6 heteroatoms. The van der Waals surface area contributed by atoms with Gasteiger partial charge in [-0.3, -0.25) is 9.59 Å². The van der Waals surface area contributed by atoms with Crippen LogP contribution in [0, 0.1) is 0 Å². The van der Waals surface area contributed by atoms with Crippen LogP contribution in [0.3, 0.4) is 0 Å². The molecule has 0 saturated carbocycles. The zero-order chi connectivity index (χ0) is 13.1. The number of rotatable bonds is 4. The molecule has 2 rings (SSSR count). The smallest absolute Gasteiger partial charge is 0.322 e. The van der Waals surface area contributed by atoms with Gasteiger partial charge in [-0.1, -0.05) is 12.1 Å². The molecule has 0 aliphatic rings. The van der Waals surface area contributed by atoms with Crippen molar-refractivity contribution in [2.45, 2.75) is 6.42 Å². The summed E-state index contributed by atoms with van der Waals surface area (Å²) < 4.78 is 0. The largest absolute Gasteiger partial charge is 0.505 e. The van der Waals surface area contributed by atoms with Gasteiger partial charge in [0.1, 0.15) is 12.3 Å². The van der Waals surface area contributed by atoms with E-state index in [1.807, 2.05) is 6.07 Å². The summed E-state index contributed by atoms with van der Waals surface area (Å²) in [5.74, 6) is -1.54. The number of para-hydroxylation sites is 1. The Balaban J connectivity index is 2.14. The number of hydrogen-bond acceptors (Lipinski definition) is 3. The van der Waals surface area contributed by atoms with Crippen molar-refractivity contribution < 1.29 is 19.8 Å². The first kappa shape index (κ1) is 12.0. The lowest BCUT2D eigenvalue weighted by atomic mass is 10.2. The second-order valence-electron chi connectivity index (χ2n) is 3.84. The van der Waals surface area contributed by atoms with Crippen molar-refractivity contribution in [1.29, 1.82) is 0 Å². The van der Waals surface area contributed by atoms with Crippen molar-refractivity contribution in [2.24, 2.45) is 0 Å². The fourth-order valence-corrected chi connectivity index (χ4v) is 1.71. The molecule has 1 aromatic heterocycles. The van der Waals surface area contributed by atoms with E-state index in [4.69, 9.17) is 5.11 Å². The normalized spacial score (nSPS) is 10.4. The molecule has 0 radical (unpaired) electrons. The van der Waals surface area contributed by atoms with Crippen LogP contribution in [0.1, 0.15) is 5.69 Å². The van der Waals surface area contributed by atoms with Crippen LogP contribution >= 0.6 is 0 Å². The number of carbonyl (C=O) groups is 2. The second kappa shape index (κ2) is 4.79. The van der Waals surface area contributed by atoms with E-state index in [2.05, 4.69) is 10.3 Å². The number of nitrogens with one attached hydrogen (secondary N) is 2. The van der Waals surface area contributed by atoms with Crippen molar-refractivity contribution >= 4 is 22.8 Å². The maximum atomic E-state index is 11.4. The summed E-state index contributed by atoms with van der Waals surface area (Å²) >= 11 is 0. The summed E-state index contributed by atoms with van der Waals surface area (Å²) in [5, 5.41) is 21.2. The van der Waals surface area contributed by atoms with Crippen LogP contribution in [0.4, 0.5) is 0 Å². The van der Waals surface area contributed by atoms with E-state index in [0.717, 1.165) is 5.52 Å². The van der Waals surface area contributed by atoms with Crippen LogP contribution in [-0.4, -0.2) is 33.6 Å². The van der Waals surface area contributed by atoms with E-state index in [9.17, 15) is 14.7 Å². The van der Waals surface area contributed by atoms with Crippen LogP contribution in [-0.2, 0) is 16.0 Å². The topological polar surface area (TPSA) is 102 Å². The molecule has 4 N–H and O–H groups in total. The molecule has 0 spiro atoms. The van der Waals surface area contributed by atoms with Gasteiger partial charge in [-0.05, 0) is 12.1 Å². The van der Waals surface area contributed by atoms with Gasteiger partial charge in [0.2, 0.25) is 5.91 Å². The van der Waals surface area contributed by atoms with E-state index in [1.165, 1.54) is 0 Å². The van der Waals surface area contributed by atoms with Crippen LogP contribution in [0.5, 0.6) is 5.75 Å². The first-order valence-electron chi connectivity index (χ1n) is 5.35. The Kier molecular flexibility index (Phi) is 3.18. The maximum Gasteiger partial charge on any atom is 0.322 e. The molecule has 0 atom stereocenters. The van der Waals surface area contributed by atoms with Gasteiger partial charge in [0.25, 0.3) is 0 Å². The molecule has 18 heavy (non-hydrogen) atoms. The van der Waals surface area contributed by atoms with E-state index < -0.39 is 18.4 Å². The number of carboxylic acid groups (broad SMARTS) is 1. The average molecular weight is 248 g/mol. The van der Waals surface area contributed by atoms with Gasteiger partial charge in [-0.2, -0.15) is 0 Å². The predicted octanol–water partition coefficient (Wildman–Crippen LogP) is 0.617. The van der Waals surface area contributed by atoms with Gasteiger partial charge in [-0.25, -0.2) is 0 Å². The number of aromatic hydroxyl groups is 1. The van der Waals surface area contributed by atoms with Gasteiger partial charge in [0.15, 0.2) is 0 Å². The first-order valence-corrected chi connectivity index (χ1v) is 5.35.